The molecule has 1 aliphatic rings. The zero-order valence-electron chi connectivity index (χ0n) is 13.4. The molecule has 1 saturated heterocycles. The molecule has 1 unspecified atom stereocenters. The van der Waals surface area contributed by atoms with Crippen molar-refractivity contribution in [2.45, 2.75) is 12.8 Å². The Morgan fingerprint density at radius 3 is 2.42 bits per heavy atom. The molecule has 1 heterocycles. The summed E-state index contributed by atoms with van der Waals surface area (Å²) in [6.07, 6.45) is 1.37. The Kier molecular flexibility index (Phi) is 4.86. The number of piperidine rings is 1. The van der Waals surface area contributed by atoms with Gasteiger partial charge in [0.25, 0.3) is 0 Å². The van der Waals surface area contributed by atoms with Crippen molar-refractivity contribution in [3.8, 4) is 5.75 Å². The summed E-state index contributed by atoms with van der Waals surface area (Å²) < 4.78 is 5.14. The van der Waals surface area contributed by atoms with Gasteiger partial charge in [0.1, 0.15) is 11.7 Å². The van der Waals surface area contributed by atoms with E-state index in [1.807, 2.05) is 24.3 Å². The van der Waals surface area contributed by atoms with Crippen molar-refractivity contribution in [1.82, 2.24) is 0 Å². The molecule has 0 saturated carbocycles. The van der Waals surface area contributed by atoms with Gasteiger partial charge in [0.05, 0.1) is 7.11 Å². The zero-order valence-corrected chi connectivity index (χ0v) is 14.1. The number of hydrogen-bond donors (Lipinski definition) is 0. The molecule has 0 aromatic heterocycles. The molecule has 0 bridgehead atoms. The molecule has 1 amide bonds. The Morgan fingerprint density at radius 2 is 1.79 bits per heavy atom. The summed E-state index contributed by atoms with van der Waals surface area (Å²) in [6, 6.07) is 14.0. The number of nitrogens with zero attached hydrogens (tertiary/aromatic N) is 1. The van der Waals surface area contributed by atoms with Crippen molar-refractivity contribution < 1.29 is 14.3 Å². The summed E-state index contributed by atoms with van der Waals surface area (Å²) in [5.41, 5.74) is 1.31. The number of ether oxygens (including phenoxy) is 1. The molecule has 0 N–H and O–H groups in total. The molecule has 1 aliphatic heterocycles. The first-order valence-corrected chi connectivity index (χ1v) is 8.23. The van der Waals surface area contributed by atoms with Gasteiger partial charge in [-0.05, 0) is 61.4 Å². The maximum absolute atomic E-state index is 12.8. The van der Waals surface area contributed by atoms with E-state index in [4.69, 9.17) is 16.3 Å². The van der Waals surface area contributed by atoms with E-state index in [-0.39, 0.29) is 11.7 Å². The first-order valence-electron chi connectivity index (χ1n) is 7.85. The molecule has 5 heteroatoms. The average Bonchev–Trinajstić information content (AvgIpc) is 2.62. The highest BCUT2D eigenvalue weighted by molar-refractivity contribution is 6.30. The molecule has 24 heavy (non-hydrogen) atoms. The van der Waals surface area contributed by atoms with Crippen LogP contribution in [-0.4, -0.2) is 25.3 Å². The minimum Gasteiger partial charge on any atom is -0.497 e. The number of carbonyl (C=O) groups excluding carboxylic acids is 2. The monoisotopic (exact) mass is 343 g/mol. The molecule has 0 radical (unpaired) electrons. The average molecular weight is 344 g/mol. The van der Waals surface area contributed by atoms with E-state index in [9.17, 15) is 9.59 Å². The van der Waals surface area contributed by atoms with Crippen LogP contribution in [0.5, 0.6) is 5.75 Å². The van der Waals surface area contributed by atoms with Gasteiger partial charge in [0.15, 0.2) is 5.78 Å². The van der Waals surface area contributed by atoms with Crippen LogP contribution in [0.25, 0.3) is 0 Å². The predicted molar refractivity (Wildman–Crippen MR) is 93.9 cm³/mol. The lowest BCUT2D eigenvalue weighted by Crippen LogP contribution is -2.44. The lowest BCUT2D eigenvalue weighted by atomic mass is 9.89. The number of anilines is 1. The number of methoxy groups -OCH3 is 1. The van der Waals surface area contributed by atoms with Crippen LogP contribution in [0.3, 0.4) is 0 Å². The Bertz CT molecular complexity index is 740. The van der Waals surface area contributed by atoms with Gasteiger partial charge in [0, 0.05) is 22.8 Å². The summed E-state index contributed by atoms with van der Waals surface area (Å²) in [6.45, 7) is 0.621. The maximum Gasteiger partial charge on any atom is 0.237 e. The minimum absolute atomic E-state index is 0.144. The largest absolute Gasteiger partial charge is 0.497 e. The third-order valence-corrected chi connectivity index (χ3v) is 4.52. The third kappa shape index (κ3) is 3.29. The number of amides is 1. The fraction of sp³-hybridized carbons (Fsp3) is 0.263. The van der Waals surface area contributed by atoms with Crippen LogP contribution >= 0.6 is 11.6 Å². The smallest absolute Gasteiger partial charge is 0.237 e. The van der Waals surface area contributed by atoms with Gasteiger partial charge in [-0.2, -0.15) is 0 Å². The van der Waals surface area contributed by atoms with Crippen LogP contribution in [0, 0.1) is 5.92 Å². The molecule has 3 rings (SSSR count). The molecular formula is C19H18ClNO3. The number of rotatable bonds is 4. The van der Waals surface area contributed by atoms with Crippen molar-refractivity contribution in [3.63, 3.8) is 0 Å². The van der Waals surface area contributed by atoms with Crippen molar-refractivity contribution in [2.75, 3.05) is 18.6 Å². The van der Waals surface area contributed by atoms with Gasteiger partial charge in [-0.25, -0.2) is 0 Å². The van der Waals surface area contributed by atoms with Gasteiger partial charge in [0.2, 0.25) is 5.91 Å². The molecule has 0 aliphatic carbocycles. The van der Waals surface area contributed by atoms with Crippen molar-refractivity contribution >= 4 is 29.0 Å². The Labute approximate surface area is 146 Å². The molecule has 0 spiro atoms. The van der Waals surface area contributed by atoms with E-state index in [0.717, 1.165) is 17.9 Å². The summed E-state index contributed by atoms with van der Waals surface area (Å²) in [5, 5.41) is 0.571. The quantitative estimate of drug-likeness (QED) is 0.623. The molecular weight excluding hydrogens is 326 g/mol. The molecule has 2 aromatic rings. The fourth-order valence-corrected chi connectivity index (χ4v) is 3.08. The Balaban J connectivity index is 1.81. The summed E-state index contributed by atoms with van der Waals surface area (Å²) in [7, 11) is 1.60. The second-order valence-corrected chi connectivity index (χ2v) is 6.19. The number of hydrogen-bond acceptors (Lipinski definition) is 3. The second-order valence-electron chi connectivity index (χ2n) is 5.75. The predicted octanol–water partition coefficient (Wildman–Crippen LogP) is 3.97. The standard InChI is InChI=1S/C19H18ClNO3/c1-24-16-10-8-15(9-11-16)21-12-2-3-17(19(21)23)18(22)13-4-6-14(20)7-5-13/h4-11,17H,2-3,12H2,1H3. The number of ketones is 1. The molecule has 124 valence electrons. The lowest BCUT2D eigenvalue weighted by molar-refractivity contribution is -0.122. The molecule has 2 aromatic carbocycles. The molecule has 1 atom stereocenters. The normalized spacial score (nSPS) is 17.7. The van der Waals surface area contributed by atoms with E-state index < -0.39 is 5.92 Å². The number of halogens is 1. The minimum atomic E-state index is -0.637. The molecule has 1 fully saturated rings. The lowest BCUT2D eigenvalue weighted by Gasteiger charge is -2.31. The SMILES string of the molecule is COc1ccc(N2CCCC(C(=O)c3ccc(Cl)cc3)C2=O)cc1. The fourth-order valence-electron chi connectivity index (χ4n) is 2.95. The number of carbonyl (C=O) groups is 2. The van der Waals surface area contributed by atoms with Crippen LogP contribution < -0.4 is 9.64 Å². The van der Waals surface area contributed by atoms with E-state index >= 15 is 0 Å². The highest BCUT2D eigenvalue weighted by atomic mass is 35.5. The first kappa shape index (κ1) is 16.5. The molecule has 4 nitrogen and oxygen atoms in total. The van der Waals surface area contributed by atoms with Gasteiger partial charge >= 0.3 is 0 Å². The topological polar surface area (TPSA) is 46.6 Å². The van der Waals surface area contributed by atoms with Crippen LogP contribution in [0.1, 0.15) is 23.2 Å². The van der Waals surface area contributed by atoms with E-state index in [2.05, 4.69) is 0 Å². The van der Waals surface area contributed by atoms with Crippen molar-refractivity contribution in [1.29, 1.82) is 0 Å². The van der Waals surface area contributed by atoms with Gasteiger partial charge in [-0.1, -0.05) is 11.6 Å². The summed E-state index contributed by atoms with van der Waals surface area (Å²) >= 11 is 5.86. The van der Waals surface area contributed by atoms with Crippen molar-refractivity contribution in [2.24, 2.45) is 5.92 Å². The van der Waals surface area contributed by atoms with Crippen LogP contribution in [0.4, 0.5) is 5.69 Å². The van der Waals surface area contributed by atoms with Crippen LogP contribution in [-0.2, 0) is 4.79 Å². The van der Waals surface area contributed by atoms with Gasteiger partial charge in [-0.15, -0.1) is 0 Å². The Morgan fingerprint density at radius 1 is 1.12 bits per heavy atom. The van der Waals surface area contributed by atoms with Crippen LogP contribution in [0.2, 0.25) is 5.02 Å². The highest BCUT2D eigenvalue weighted by Crippen LogP contribution is 2.28. The Hall–Kier alpha value is -2.33. The van der Waals surface area contributed by atoms with E-state index in [1.165, 1.54) is 0 Å². The highest BCUT2D eigenvalue weighted by Gasteiger charge is 2.35. The number of benzene rings is 2. The van der Waals surface area contributed by atoms with E-state index in [1.54, 1.807) is 36.3 Å². The summed E-state index contributed by atoms with van der Waals surface area (Å²) in [5.74, 6) is -0.194. The van der Waals surface area contributed by atoms with Gasteiger partial charge in [-0.3, -0.25) is 9.59 Å². The first-order chi connectivity index (χ1) is 11.6. The van der Waals surface area contributed by atoms with Crippen LogP contribution in [0.15, 0.2) is 48.5 Å². The van der Waals surface area contributed by atoms with Crippen molar-refractivity contribution in [3.05, 3.63) is 59.1 Å². The summed E-state index contributed by atoms with van der Waals surface area (Å²) in [4.78, 5) is 27.2. The van der Waals surface area contributed by atoms with E-state index in [0.29, 0.717) is 23.6 Å². The zero-order chi connectivity index (χ0) is 17.1. The third-order valence-electron chi connectivity index (χ3n) is 4.27. The second kappa shape index (κ2) is 7.05. The maximum atomic E-state index is 12.8. The number of Topliss-reactive ketones (excluding diaryl/α,β-unsaturated/α-hetero) is 1. The van der Waals surface area contributed by atoms with Gasteiger partial charge < -0.3 is 9.64 Å².